The Bertz CT molecular complexity index is 625. The fraction of sp³-hybridized carbons (Fsp3) is 0.200. The Labute approximate surface area is 128 Å². The van der Waals surface area contributed by atoms with Crippen molar-refractivity contribution in [3.05, 3.63) is 69.4 Å². The van der Waals surface area contributed by atoms with Crippen molar-refractivity contribution < 1.29 is 17.6 Å². The third-order valence-electron chi connectivity index (χ3n) is 2.91. The molecule has 0 amide bonds. The number of hydrogen-bond donors (Lipinski definition) is 1. The van der Waals surface area contributed by atoms with Crippen LogP contribution in [0.15, 0.2) is 46.9 Å². The van der Waals surface area contributed by atoms with E-state index in [1.165, 1.54) is 0 Å². The van der Waals surface area contributed by atoms with Crippen LogP contribution in [0.1, 0.15) is 16.7 Å². The zero-order chi connectivity index (χ0) is 15.5. The van der Waals surface area contributed by atoms with Crippen LogP contribution >= 0.6 is 15.9 Å². The van der Waals surface area contributed by atoms with E-state index in [1.807, 2.05) is 24.3 Å². The smallest absolute Gasteiger partial charge is 0.309 e. The maximum atomic E-state index is 13.0. The summed E-state index contributed by atoms with van der Waals surface area (Å²) in [7, 11) is 0. The molecule has 1 nitrogen and oxygen atoms in total. The van der Waals surface area contributed by atoms with Gasteiger partial charge in [0, 0.05) is 17.6 Å². The number of halogens is 5. The Balaban J connectivity index is 2.07. The Hall–Kier alpha value is -1.40. The molecule has 2 rings (SSSR count). The molecule has 0 aliphatic carbocycles. The molecular weight excluding hydrogens is 350 g/mol. The molecule has 21 heavy (non-hydrogen) atoms. The molecule has 0 aliphatic heterocycles. The van der Waals surface area contributed by atoms with E-state index in [2.05, 4.69) is 21.2 Å². The van der Waals surface area contributed by atoms with Crippen LogP contribution < -0.4 is 5.32 Å². The Morgan fingerprint density at radius 1 is 1.00 bits per heavy atom. The highest BCUT2D eigenvalue weighted by Crippen LogP contribution is 2.32. The van der Waals surface area contributed by atoms with Gasteiger partial charge in [0.2, 0.25) is 0 Å². The van der Waals surface area contributed by atoms with Gasteiger partial charge in [-0.3, -0.25) is 0 Å². The first-order chi connectivity index (χ1) is 9.86. The van der Waals surface area contributed by atoms with Crippen molar-refractivity contribution in [2.24, 2.45) is 0 Å². The average molecular weight is 362 g/mol. The molecule has 0 spiro atoms. The second-order valence-electron chi connectivity index (χ2n) is 4.53. The van der Waals surface area contributed by atoms with Crippen LogP contribution in [0.4, 0.5) is 17.6 Å². The highest BCUT2D eigenvalue weighted by molar-refractivity contribution is 9.10. The molecule has 2 aromatic rings. The highest BCUT2D eigenvalue weighted by atomic mass is 79.9. The van der Waals surface area contributed by atoms with Crippen molar-refractivity contribution >= 4 is 15.9 Å². The summed E-state index contributed by atoms with van der Waals surface area (Å²) < 4.78 is 52.4. The predicted molar refractivity (Wildman–Crippen MR) is 76.1 cm³/mol. The van der Waals surface area contributed by atoms with E-state index in [0.29, 0.717) is 12.6 Å². The highest BCUT2D eigenvalue weighted by Gasteiger charge is 2.33. The number of alkyl halides is 3. The van der Waals surface area contributed by atoms with Gasteiger partial charge in [0.05, 0.1) is 5.56 Å². The lowest BCUT2D eigenvalue weighted by Crippen LogP contribution is -2.17. The largest absolute Gasteiger partial charge is 0.416 e. The van der Waals surface area contributed by atoms with Crippen LogP contribution in [0.2, 0.25) is 0 Å². The van der Waals surface area contributed by atoms with Gasteiger partial charge in [0.15, 0.2) is 0 Å². The lowest BCUT2D eigenvalue weighted by molar-refractivity contribution is -0.138. The maximum Gasteiger partial charge on any atom is 0.416 e. The summed E-state index contributed by atoms with van der Waals surface area (Å²) in [6, 6.07) is 10.2. The lowest BCUT2D eigenvalue weighted by Gasteiger charge is -2.13. The van der Waals surface area contributed by atoms with Gasteiger partial charge in [0.1, 0.15) is 5.82 Å². The summed E-state index contributed by atoms with van der Waals surface area (Å²) in [5, 5.41) is 2.93. The second-order valence-corrected chi connectivity index (χ2v) is 5.45. The molecule has 0 unspecified atom stereocenters. The second kappa shape index (κ2) is 6.58. The first-order valence-electron chi connectivity index (χ1n) is 6.17. The zero-order valence-electron chi connectivity index (χ0n) is 10.8. The average Bonchev–Trinajstić information content (AvgIpc) is 2.39. The molecule has 0 aliphatic rings. The Morgan fingerprint density at radius 3 is 2.43 bits per heavy atom. The van der Waals surface area contributed by atoms with Crippen LogP contribution in [-0.2, 0) is 19.3 Å². The first kappa shape index (κ1) is 16.0. The molecule has 0 atom stereocenters. The minimum atomic E-state index is -4.56. The summed E-state index contributed by atoms with van der Waals surface area (Å²) in [6.45, 7) is 0.440. The van der Waals surface area contributed by atoms with Gasteiger partial charge in [-0.2, -0.15) is 13.2 Å². The standard InChI is InChI=1S/C15H12BrF4N/c16-12-3-1-2-10(6-12)8-21-9-11-4-5-13(17)7-14(11)15(18,19)20/h1-7,21H,8-9H2. The van der Waals surface area contributed by atoms with Gasteiger partial charge in [-0.05, 0) is 35.4 Å². The van der Waals surface area contributed by atoms with Crippen LogP contribution in [0, 0.1) is 5.82 Å². The van der Waals surface area contributed by atoms with Gasteiger partial charge in [-0.1, -0.05) is 34.1 Å². The molecule has 0 saturated carbocycles. The summed E-state index contributed by atoms with van der Waals surface area (Å²) >= 11 is 3.33. The minimum Gasteiger partial charge on any atom is -0.309 e. The monoisotopic (exact) mass is 361 g/mol. The van der Waals surface area contributed by atoms with Gasteiger partial charge in [-0.25, -0.2) is 4.39 Å². The number of benzene rings is 2. The summed E-state index contributed by atoms with van der Waals surface area (Å²) in [5.74, 6) is -0.891. The third-order valence-corrected chi connectivity index (χ3v) is 3.40. The van der Waals surface area contributed by atoms with Crippen molar-refractivity contribution in [1.82, 2.24) is 5.32 Å². The van der Waals surface area contributed by atoms with E-state index >= 15 is 0 Å². The van der Waals surface area contributed by atoms with E-state index in [4.69, 9.17) is 0 Å². The third kappa shape index (κ3) is 4.54. The van der Waals surface area contributed by atoms with Crippen molar-refractivity contribution in [3.8, 4) is 0 Å². The number of hydrogen-bond acceptors (Lipinski definition) is 1. The summed E-state index contributed by atoms with van der Waals surface area (Å²) in [4.78, 5) is 0. The molecule has 0 saturated heterocycles. The van der Waals surface area contributed by atoms with Crippen LogP contribution in [-0.4, -0.2) is 0 Å². The maximum absolute atomic E-state index is 13.0. The van der Waals surface area contributed by atoms with Gasteiger partial charge < -0.3 is 5.32 Å². The van der Waals surface area contributed by atoms with E-state index in [0.717, 1.165) is 22.2 Å². The van der Waals surface area contributed by atoms with Crippen LogP contribution in [0.5, 0.6) is 0 Å². The zero-order valence-corrected chi connectivity index (χ0v) is 12.4. The van der Waals surface area contributed by atoms with Crippen LogP contribution in [0.25, 0.3) is 0 Å². The van der Waals surface area contributed by atoms with Gasteiger partial charge >= 0.3 is 6.18 Å². The van der Waals surface area contributed by atoms with E-state index in [-0.39, 0.29) is 12.1 Å². The van der Waals surface area contributed by atoms with Gasteiger partial charge in [0.25, 0.3) is 0 Å². The SMILES string of the molecule is Fc1ccc(CNCc2cccc(Br)c2)c(C(F)(F)F)c1. The molecule has 2 aromatic carbocycles. The number of nitrogens with one attached hydrogen (secondary N) is 1. The first-order valence-corrected chi connectivity index (χ1v) is 6.96. The molecule has 1 N–H and O–H groups in total. The summed E-state index contributed by atoms with van der Waals surface area (Å²) in [5.41, 5.74) is 0.0307. The van der Waals surface area contributed by atoms with E-state index in [9.17, 15) is 17.6 Å². The lowest BCUT2D eigenvalue weighted by atomic mass is 10.1. The van der Waals surface area contributed by atoms with E-state index in [1.54, 1.807) is 0 Å². The van der Waals surface area contributed by atoms with Crippen molar-refractivity contribution in [1.29, 1.82) is 0 Å². The van der Waals surface area contributed by atoms with Crippen molar-refractivity contribution in [2.45, 2.75) is 19.3 Å². The molecule has 6 heteroatoms. The molecule has 0 radical (unpaired) electrons. The summed E-state index contributed by atoms with van der Waals surface area (Å²) in [6.07, 6.45) is -4.56. The fourth-order valence-corrected chi connectivity index (χ4v) is 2.40. The number of rotatable bonds is 4. The quantitative estimate of drug-likeness (QED) is 0.764. The normalized spacial score (nSPS) is 11.7. The topological polar surface area (TPSA) is 12.0 Å². The molecule has 112 valence electrons. The van der Waals surface area contributed by atoms with Crippen LogP contribution in [0.3, 0.4) is 0 Å². The minimum absolute atomic E-state index is 0.0155. The van der Waals surface area contributed by atoms with Gasteiger partial charge in [-0.15, -0.1) is 0 Å². The molecule has 0 aromatic heterocycles. The molecule has 0 fully saturated rings. The fourth-order valence-electron chi connectivity index (χ4n) is 1.96. The van der Waals surface area contributed by atoms with Crippen molar-refractivity contribution in [2.75, 3.05) is 0 Å². The molecule has 0 heterocycles. The Morgan fingerprint density at radius 2 is 1.76 bits per heavy atom. The molecule has 0 bridgehead atoms. The molecular formula is C15H12BrF4N. The Kier molecular flexibility index (Phi) is 5.00. The predicted octanol–water partition coefficient (Wildman–Crippen LogP) is 4.90. The van der Waals surface area contributed by atoms with E-state index < -0.39 is 17.6 Å². The van der Waals surface area contributed by atoms with Crippen molar-refractivity contribution in [3.63, 3.8) is 0 Å².